The number of piperazine rings is 1. The van der Waals surface area contributed by atoms with Crippen molar-refractivity contribution in [3.05, 3.63) is 42.5 Å². The minimum absolute atomic E-state index is 0.109. The molecule has 3 rings (SSSR count). The van der Waals surface area contributed by atoms with E-state index >= 15 is 0 Å². The molecular weight excluding hydrogens is 372 g/mol. The Morgan fingerprint density at radius 1 is 1.10 bits per heavy atom. The second kappa shape index (κ2) is 9.04. The monoisotopic (exact) mass is 400 g/mol. The predicted octanol–water partition coefficient (Wildman–Crippen LogP) is 1.55. The van der Waals surface area contributed by atoms with Gasteiger partial charge in [-0.05, 0) is 45.0 Å². The largest absolute Gasteiger partial charge is 0.444 e. The molecule has 0 unspecified atom stereocenters. The molecular formula is C20H28N6O3. The van der Waals surface area contributed by atoms with Crippen LogP contribution in [0.4, 0.5) is 4.79 Å². The molecule has 2 aromatic rings. The first-order chi connectivity index (χ1) is 13.8. The van der Waals surface area contributed by atoms with Crippen LogP contribution in [0.3, 0.4) is 0 Å². The normalized spacial score (nSPS) is 15.2. The van der Waals surface area contributed by atoms with E-state index in [9.17, 15) is 9.59 Å². The van der Waals surface area contributed by atoms with E-state index in [1.165, 1.54) is 6.33 Å². The van der Waals surface area contributed by atoms with Crippen molar-refractivity contribution < 1.29 is 14.3 Å². The number of hydrogen-bond donors (Lipinski definition) is 1. The third-order valence-electron chi connectivity index (χ3n) is 4.55. The fraction of sp³-hybridized carbons (Fsp3) is 0.500. The number of nitrogens with zero attached hydrogens (tertiary/aromatic N) is 5. The van der Waals surface area contributed by atoms with Crippen LogP contribution in [0.2, 0.25) is 0 Å². The van der Waals surface area contributed by atoms with Gasteiger partial charge < -0.3 is 15.0 Å². The van der Waals surface area contributed by atoms with Gasteiger partial charge >= 0.3 is 6.09 Å². The van der Waals surface area contributed by atoms with Crippen molar-refractivity contribution >= 4 is 12.0 Å². The molecule has 0 saturated carbocycles. The summed E-state index contributed by atoms with van der Waals surface area (Å²) in [6.07, 6.45) is 2.81. The van der Waals surface area contributed by atoms with Gasteiger partial charge in [-0.25, -0.2) is 14.5 Å². The van der Waals surface area contributed by atoms with Gasteiger partial charge in [0.1, 0.15) is 18.3 Å². The molecule has 1 aliphatic rings. The molecule has 2 heterocycles. The second-order valence-corrected chi connectivity index (χ2v) is 7.95. The van der Waals surface area contributed by atoms with Crippen LogP contribution in [0.25, 0.3) is 5.69 Å². The van der Waals surface area contributed by atoms with Crippen molar-refractivity contribution in [1.82, 2.24) is 29.9 Å². The highest BCUT2D eigenvalue weighted by Gasteiger charge is 2.25. The summed E-state index contributed by atoms with van der Waals surface area (Å²) >= 11 is 0. The quantitative estimate of drug-likeness (QED) is 0.819. The lowest BCUT2D eigenvalue weighted by Gasteiger charge is -2.35. The molecule has 1 aromatic carbocycles. The molecule has 0 aliphatic carbocycles. The first kappa shape index (κ1) is 20.8. The van der Waals surface area contributed by atoms with Crippen LogP contribution in [-0.4, -0.2) is 81.4 Å². The van der Waals surface area contributed by atoms with Gasteiger partial charge in [-0.15, -0.1) is 0 Å². The summed E-state index contributed by atoms with van der Waals surface area (Å²) in [5.74, 6) is -0.109. The van der Waals surface area contributed by atoms with Crippen molar-refractivity contribution in [3.8, 4) is 5.69 Å². The third-order valence-corrected chi connectivity index (χ3v) is 4.55. The molecule has 1 aliphatic heterocycles. The molecule has 156 valence electrons. The minimum Gasteiger partial charge on any atom is -0.444 e. The predicted molar refractivity (Wildman–Crippen MR) is 108 cm³/mol. The number of amides is 2. The standard InChI is InChI=1S/C20H28N6O3/c1-20(2,3)29-19(28)25-12-10-24(11-13-25)9-8-22-18(27)16-4-6-17(7-5-16)26-15-21-14-23-26/h4-7,14-15H,8-13H2,1-3H3,(H,22,27). The Morgan fingerprint density at radius 3 is 2.38 bits per heavy atom. The van der Waals surface area contributed by atoms with E-state index in [1.807, 2.05) is 32.9 Å². The molecule has 1 fully saturated rings. The number of rotatable bonds is 5. The molecule has 1 saturated heterocycles. The minimum atomic E-state index is -0.480. The number of carbonyl (C=O) groups is 2. The van der Waals surface area contributed by atoms with E-state index in [1.54, 1.807) is 28.0 Å². The van der Waals surface area contributed by atoms with Crippen LogP contribution in [0, 0.1) is 0 Å². The van der Waals surface area contributed by atoms with Gasteiger partial charge in [0.15, 0.2) is 0 Å². The van der Waals surface area contributed by atoms with Crippen molar-refractivity contribution in [2.45, 2.75) is 26.4 Å². The molecule has 1 N–H and O–H groups in total. The molecule has 0 atom stereocenters. The van der Waals surface area contributed by atoms with Crippen molar-refractivity contribution in [1.29, 1.82) is 0 Å². The first-order valence-electron chi connectivity index (χ1n) is 9.75. The first-order valence-corrected chi connectivity index (χ1v) is 9.75. The van der Waals surface area contributed by atoms with Gasteiger partial charge in [-0.1, -0.05) is 0 Å². The van der Waals surface area contributed by atoms with Crippen LogP contribution in [0.1, 0.15) is 31.1 Å². The highest BCUT2D eigenvalue weighted by molar-refractivity contribution is 5.94. The van der Waals surface area contributed by atoms with E-state index in [0.717, 1.165) is 25.3 Å². The topological polar surface area (TPSA) is 92.6 Å². The second-order valence-electron chi connectivity index (χ2n) is 7.95. The summed E-state index contributed by atoms with van der Waals surface area (Å²) in [4.78, 5) is 32.3. The van der Waals surface area contributed by atoms with Gasteiger partial charge in [0.05, 0.1) is 5.69 Å². The number of aromatic nitrogens is 3. The van der Waals surface area contributed by atoms with Gasteiger partial charge in [0.2, 0.25) is 0 Å². The van der Waals surface area contributed by atoms with E-state index in [2.05, 4.69) is 20.3 Å². The summed E-state index contributed by atoms with van der Waals surface area (Å²) in [7, 11) is 0. The van der Waals surface area contributed by atoms with E-state index in [4.69, 9.17) is 4.74 Å². The molecule has 0 spiro atoms. The van der Waals surface area contributed by atoms with Crippen molar-refractivity contribution in [2.24, 2.45) is 0 Å². The molecule has 9 heteroatoms. The Hall–Kier alpha value is -2.94. The fourth-order valence-corrected chi connectivity index (χ4v) is 3.02. The van der Waals surface area contributed by atoms with E-state index in [0.29, 0.717) is 25.2 Å². The summed E-state index contributed by atoms with van der Waals surface area (Å²) < 4.78 is 7.05. The van der Waals surface area contributed by atoms with Crippen molar-refractivity contribution in [3.63, 3.8) is 0 Å². The van der Waals surface area contributed by atoms with Crippen LogP contribution < -0.4 is 5.32 Å². The smallest absolute Gasteiger partial charge is 0.410 e. The zero-order valence-electron chi connectivity index (χ0n) is 17.2. The van der Waals surface area contributed by atoms with Gasteiger partial charge in [-0.3, -0.25) is 9.69 Å². The van der Waals surface area contributed by atoms with Gasteiger partial charge in [0.25, 0.3) is 5.91 Å². The summed E-state index contributed by atoms with van der Waals surface area (Å²) in [6, 6.07) is 7.21. The summed E-state index contributed by atoms with van der Waals surface area (Å²) in [5, 5.41) is 7.01. The van der Waals surface area contributed by atoms with Crippen LogP contribution in [0.5, 0.6) is 0 Å². The zero-order valence-corrected chi connectivity index (χ0v) is 17.2. The molecule has 0 bridgehead atoms. The highest BCUT2D eigenvalue weighted by Crippen LogP contribution is 2.12. The molecule has 1 aromatic heterocycles. The number of carbonyl (C=O) groups excluding carboxylic acids is 2. The summed E-state index contributed by atoms with van der Waals surface area (Å²) in [5.41, 5.74) is 0.969. The highest BCUT2D eigenvalue weighted by atomic mass is 16.6. The van der Waals surface area contributed by atoms with Crippen molar-refractivity contribution in [2.75, 3.05) is 39.3 Å². The fourth-order valence-electron chi connectivity index (χ4n) is 3.02. The molecule has 29 heavy (non-hydrogen) atoms. The Balaban J connectivity index is 1.38. The average molecular weight is 400 g/mol. The number of ether oxygens (including phenoxy) is 1. The molecule has 2 amide bonds. The maximum Gasteiger partial charge on any atom is 0.410 e. The Labute approximate surface area is 170 Å². The lowest BCUT2D eigenvalue weighted by Crippen LogP contribution is -2.51. The molecule has 9 nitrogen and oxygen atoms in total. The Kier molecular flexibility index (Phi) is 6.48. The number of hydrogen-bond acceptors (Lipinski definition) is 6. The lowest BCUT2D eigenvalue weighted by molar-refractivity contribution is 0.0147. The van der Waals surface area contributed by atoms with E-state index in [-0.39, 0.29) is 12.0 Å². The van der Waals surface area contributed by atoms with Crippen LogP contribution >= 0.6 is 0 Å². The number of benzene rings is 1. The zero-order chi connectivity index (χ0) is 20.9. The van der Waals surface area contributed by atoms with Crippen LogP contribution in [-0.2, 0) is 4.74 Å². The third kappa shape index (κ3) is 6.02. The van der Waals surface area contributed by atoms with E-state index < -0.39 is 5.60 Å². The lowest BCUT2D eigenvalue weighted by atomic mass is 10.2. The Bertz CT molecular complexity index is 806. The Morgan fingerprint density at radius 2 is 1.79 bits per heavy atom. The number of nitrogens with one attached hydrogen (secondary N) is 1. The average Bonchev–Trinajstić information content (AvgIpc) is 3.22. The van der Waals surface area contributed by atoms with Gasteiger partial charge in [0, 0.05) is 44.8 Å². The summed E-state index contributed by atoms with van der Waals surface area (Å²) in [6.45, 7) is 9.69. The maximum absolute atomic E-state index is 12.3. The molecule has 0 radical (unpaired) electrons. The maximum atomic E-state index is 12.3. The van der Waals surface area contributed by atoms with Crippen LogP contribution in [0.15, 0.2) is 36.9 Å². The van der Waals surface area contributed by atoms with Gasteiger partial charge in [-0.2, -0.15) is 5.10 Å². The SMILES string of the molecule is CC(C)(C)OC(=O)N1CCN(CCNC(=O)c2ccc(-n3cncn3)cc2)CC1.